The van der Waals surface area contributed by atoms with Crippen molar-refractivity contribution in [2.45, 2.75) is 24.9 Å². The molecule has 1 fully saturated rings. The summed E-state index contributed by atoms with van der Waals surface area (Å²) in [5.74, 6) is 2.60. The van der Waals surface area contributed by atoms with Crippen molar-refractivity contribution in [2.75, 3.05) is 25.1 Å². The highest BCUT2D eigenvalue weighted by molar-refractivity contribution is 9.10. The zero-order chi connectivity index (χ0) is 13.0. The number of thioether (sulfide) groups is 1. The first-order valence-corrected chi connectivity index (χ1v) is 8.40. The quantitative estimate of drug-likeness (QED) is 0.899. The molecule has 1 saturated heterocycles. The van der Waals surface area contributed by atoms with Crippen LogP contribution < -0.4 is 5.73 Å². The third-order valence-electron chi connectivity index (χ3n) is 3.62. The molecule has 2 N–H and O–H groups in total. The number of hydrogen-bond donors (Lipinski definition) is 1. The summed E-state index contributed by atoms with van der Waals surface area (Å²) in [6.45, 7) is 1.09. The van der Waals surface area contributed by atoms with Gasteiger partial charge in [0, 0.05) is 22.3 Å². The predicted molar refractivity (Wildman–Crippen MR) is 84.0 cm³/mol. The van der Waals surface area contributed by atoms with Gasteiger partial charge in [-0.1, -0.05) is 28.1 Å². The van der Waals surface area contributed by atoms with E-state index in [0.29, 0.717) is 0 Å². The van der Waals surface area contributed by atoms with Crippen molar-refractivity contribution in [3.05, 3.63) is 34.3 Å². The third kappa shape index (κ3) is 3.98. The molecule has 2 rings (SSSR count). The monoisotopic (exact) mass is 328 g/mol. The predicted octanol–water partition coefficient (Wildman–Crippen LogP) is 3.28. The average molecular weight is 329 g/mol. The Kier molecular flexibility index (Phi) is 5.55. The van der Waals surface area contributed by atoms with E-state index >= 15 is 0 Å². The van der Waals surface area contributed by atoms with Gasteiger partial charge in [-0.05, 0) is 49.9 Å². The van der Waals surface area contributed by atoms with Crippen molar-refractivity contribution in [3.63, 3.8) is 0 Å². The largest absolute Gasteiger partial charge is 0.324 e. The molecule has 0 amide bonds. The van der Waals surface area contributed by atoms with Gasteiger partial charge in [-0.2, -0.15) is 11.8 Å². The van der Waals surface area contributed by atoms with E-state index in [2.05, 4.69) is 63.9 Å². The van der Waals surface area contributed by atoms with Crippen LogP contribution in [0, 0.1) is 0 Å². The molecule has 0 spiro atoms. The second kappa shape index (κ2) is 6.94. The highest BCUT2D eigenvalue weighted by atomic mass is 79.9. The van der Waals surface area contributed by atoms with Gasteiger partial charge in [0.15, 0.2) is 0 Å². The Morgan fingerprint density at radius 1 is 1.44 bits per heavy atom. The highest BCUT2D eigenvalue weighted by Crippen LogP contribution is 2.23. The van der Waals surface area contributed by atoms with Crippen molar-refractivity contribution in [3.8, 4) is 0 Å². The van der Waals surface area contributed by atoms with Crippen LogP contribution in [0.3, 0.4) is 0 Å². The van der Waals surface area contributed by atoms with Gasteiger partial charge in [-0.3, -0.25) is 0 Å². The van der Waals surface area contributed by atoms with Crippen LogP contribution in [0.15, 0.2) is 28.7 Å². The Bertz CT molecular complexity index is 363. The highest BCUT2D eigenvalue weighted by Gasteiger charge is 2.20. The summed E-state index contributed by atoms with van der Waals surface area (Å²) in [7, 11) is 2.23. The maximum absolute atomic E-state index is 6.24. The van der Waals surface area contributed by atoms with Gasteiger partial charge in [0.2, 0.25) is 0 Å². The van der Waals surface area contributed by atoms with Gasteiger partial charge in [-0.15, -0.1) is 0 Å². The first kappa shape index (κ1) is 14.4. The molecule has 1 aromatic rings. The maximum Gasteiger partial charge on any atom is 0.0307 e. The van der Waals surface area contributed by atoms with E-state index in [9.17, 15) is 0 Å². The molecule has 100 valence electrons. The molecule has 1 heterocycles. The molecule has 18 heavy (non-hydrogen) atoms. The van der Waals surface area contributed by atoms with Crippen LogP contribution in [-0.4, -0.2) is 36.0 Å². The molecule has 1 aromatic carbocycles. The smallest absolute Gasteiger partial charge is 0.0307 e. The van der Waals surface area contributed by atoms with Crippen LogP contribution in [0.4, 0.5) is 0 Å². The van der Waals surface area contributed by atoms with Crippen molar-refractivity contribution in [1.82, 2.24) is 4.90 Å². The molecular formula is C14H21BrN2S. The first-order chi connectivity index (χ1) is 8.66. The average Bonchev–Trinajstić information content (AvgIpc) is 2.90. The van der Waals surface area contributed by atoms with Crippen LogP contribution in [-0.2, 0) is 0 Å². The Balaban J connectivity index is 1.80. The van der Waals surface area contributed by atoms with E-state index in [1.165, 1.54) is 23.5 Å². The minimum absolute atomic E-state index is 0.148. The van der Waals surface area contributed by atoms with Crippen molar-refractivity contribution < 1.29 is 0 Å². The molecule has 1 aliphatic heterocycles. The number of hydrogen-bond acceptors (Lipinski definition) is 3. The maximum atomic E-state index is 6.24. The summed E-state index contributed by atoms with van der Waals surface area (Å²) in [5.41, 5.74) is 7.47. The molecule has 0 aromatic heterocycles. The number of nitrogens with two attached hydrogens (primary N) is 1. The zero-order valence-electron chi connectivity index (χ0n) is 10.8. The fraction of sp³-hybridized carbons (Fsp3) is 0.571. The summed E-state index contributed by atoms with van der Waals surface area (Å²) in [6.07, 6.45) is 2.36. The minimum Gasteiger partial charge on any atom is -0.324 e. The fourth-order valence-corrected chi connectivity index (χ4v) is 3.83. The number of benzene rings is 1. The molecule has 1 aliphatic rings. The van der Waals surface area contributed by atoms with E-state index in [1.807, 2.05) is 0 Å². The molecule has 4 heteroatoms. The van der Waals surface area contributed by atoms with Crippen molar-refractivity contribution in [1.29, 1.82) is 0 Å². The summed E-state index contributed by atoms with van der Waals surface area (Å²) in [5, 5.41) is 0. The molecule has 0 bridgehead atoms. The van der Waals surface area contributed by atoms with E-state index in [4.69, 9.17) is 5.73 Å². The summed E-state index contributed by atoms with van der Waals surface area (Å²) in [6, 6.07) is 9.25. The van der Waals surface area contributed by atoms with Gasteiger partial charge >= 0.3 is 0 Å². The Labute approximate surface area is 122 Å². The molecule has 0 radical (unpaired) electrons. The second-order valence-electron chi connectivity index (χ2n) is 4.94. The normalized spacial score (nSPS) is 21.4. The van der Waals surface area contributed by atoms with Crippen LogP contribution in [0.5, 0.6) is 0 Å². The molecular weight excluding hydrogens is 308 g/mol. The van der Waals surface area contributed by atoms with Crippen LogP contribution in [0.25, 0.3) is 0 Å². The van der Waals surface area contributed by atoms with Gasteiger partial charge < -0.3 is 10.6 Å². The summed E-state index contributed by atoms with van der Waals surface area (Å²) < 4.78 is 1.11. The number of rotatable bonds is 5. The van der Waals surface area contributed by atoms with Crippen LogP contribution in [0.1, 0.15) is 24.4 Å². The first-order valence-electron chi connectivity index (χ1n) is 6.46. The summed E-state index contributed by atoms with van der Waals surface area (Å²) in [4.78, 5) is 2.47. The lowest BCUT2D eigenvalue weighted by Crippen LogP contribution is -2.33. The lowest BCUT2D eigenvalue weighted by molar-refractivity contribution is 0.253. The fourth-order valence-electron chi connectivity index (χ4n) is 2.27. The lowest BCUT2D eigenvalue weighted by Gasteiger charge is -2.25. The van der Waals surface area contributed by atoms with Crippen molar-refractivity contribution in [2.24, 2.45) is 5.73 Å². The summed E-state index contributed by atoms with van der Waals surface area (Å²) >= 11 is 5.51. The topological polar surface area (TPSA) is 29.3 Å². The minimum atomic E-state index is 0.148. The number of nitrogens with zero attached hydrogens (tertiary/aromatic N) is 1. The van der Waals surface area contributed by atoms with Crippen LogP contribution in [0.2, 0.25) is 0 Å². The van der Waals surface area contributed by atoms with E-state index in [0.717, 1.165) is 23.5 Å². The third-order valence-corrected chi connectivity index (χ3v) is 5.29. The molecule has 2 nitrogen and oxygen atoms in total. The van der Waals surface area contributed by atoms with Gasteiger partial charge in [0.25, 0.3) is 0 Å². The zero-order valence-corrected chi connectivity index (χ0v) is 13.2. The SMILES string of the molecule is CN(CCC(N)c1ccc(Br)cc1)C1CCSC1. The van der Waals surface area contributed by atoms with E-state index in [1.54, 1.807) is 0 Å². The Morgan fingerprint density at radius 2 is 2.17 bits per heavy atom. The molecule has 2 unspecified atom stereocenters. The standard InChI is InChI=1S/C14H21BrN2S/c1-17(13-7-9-18-10-13)8-6-14(16)11-2-4-12(15)5-3-11/h2-5,13-14H,6-10,16H2,1H3. The van der Waals surface area contributed by atoms with Gasteiger partial charge in [0.1, 0.15) is 0 Å². The van der Waals surface area contributed by atoms with Gasteiger partial charge in [0.05, 0.1) is 0 Å². The Hall–Kier alpha value is -0.0300. The molecule has 2 atom stereocenters. The molecule has 0 aliphatic carbocycles. The molecule has 0 saturated carbocycles. The Morgan fingerprint density at radius 3 is 2.78 bits per heavy atom. The second-order valence-corrected chi connectivity index (χ2v) is 7.01. The number of halogens is 1. The van der Waals surface area contributed by atoms with Crippen molar-refractivity contribution >= 4 is 27.7 Å². The van der Waals surface area contributed by atoms with E-state index in [-0.39, 0.29) is 6.04 Å². The lowest BCUT2D eigenvalue weighted by atomic mass is 10.0. The van der Waals surface area contributed by atoms with Gasteiger partial charge in [-0.25, -0.2) is 0 Å². The van der Waals surface area contributed by atoms with E-state index < -0.39 is 0 Å². The van der Waals surface area contributed by atoms with Crippen LogP contribution >= 0.6 is 27.7 Å².